The van der Waals surface area contributed by atoms with Crippen LogP contribution in [0.25, 0.3) is 0 Å². The lowest BCUT2D eigenvalue weighted by Crippen LogP contribution is -2.34. The number of unbranched alkanes of at least 4 members (excludes halogenated alkanes) is 1. The summed E-state index contributed by atoms with van der Waals surface area (Å²) in [6.07, 6.45) is 6.06. The smallest absolute Gasteiger partial charge is 0.136 e. The lowest BCUT2D eigenvalue weighted by atomic mass is 10.2. The molecule has 1 N–H and O–H groups in total. The molecule has 0 aromatic carbocycles. The molecule has 0 amide bonds. The first-order valence-electron chi connectivity index (χ1n) is 8.59. The standard InChI is InChI=1S/C17H30N4/c1-5-8-11-21(13(4)6-2)16-12-15(18-7-3)19-17(20-16)14-9-10-14/h12-14H,5-11H2,1-4H3,(H,18,19,20). The van der Waals surface area contributed by atoms with Gasteiger partial charge in [0.1, 0.15) is 17.5 Å². The second-order valence-corrected chi connectivity index (χ2v) is 6.08. The van der Waals surface area contributed by atoms with Gasteiger partial charge in [0.15, 0.2) is 0 Å². The summed E-state index contributed by atoms with van der Waals surface area (Å²) in [5.41, 5.74) is 0. The molecule has 1 heterocycles. The van der Waals surface area contributed by atoms with Crippen LogP contribution in [0.4, 0.5) is 11.6 Å². The normalized spacial score (nSPS) is 15.8. The molecule has 1 saturated carbocycles. The number of hydrogen-bond acceptors (Lipinski definition) is 4. The Morgan fingerprint density at radius 1 is 1.29 bits per heavy atom. The topological polar surface area (TPSA) is 41.0 Å². The van der Waals surface area contributed by atoms with E-state index in [4.69, 9.17) is 4.98 Å². The van der Waals surface area contributed by atoms with Gasteiger partial charge in [0, 0.05) is 31.1 Å². The van der Waals surface area contributed by atoms with Crippen molar-refractivity contribution in [3.63, 3.8) is 0 Å². The monoisotopic (exact) mass is 290 g/mol. The predicted molar refractivity (Wildman–Crippen MR) is 90.2 cm³/mol. The first-order valence-corrected chi connectivity index (χ1v) is 8.59. The summed E-state index contributed by atoms with van der Waals surface area (Å²) in [5, 5.41) is 3.36. The molecule has 1 aliphatic carbocycles. The van der Waals surface area contributed by atoms with E-state index in [2.05, 4.69) is 49.0 Å². The Labute approximate surface area is 129 Å². The fourth-order valence-corrected chi connectivity index (χ4v) is 2.51. The van der Waals surface area contributed by atoms with E-state index in [0.717, 1.165) is 37.0 Å². The van der Waals surface area contributed by atoms with Crippen LogP contribution in [0.1, 0.15) is 71.5 Å². The van der Waals surface area contributed by atoms with Crippen LogP contribution < -0.4 is 10.2 Å². The summed E-state index contributed by atoms with van der Waals surface area (Å²) in [6, 6.07) is 2.64. The van der Waals surface area contributed by atoms with Gasteiger partial charge in [-0.15, -0.1) is 0 Å². The highest BCUT2D eigenvalue weighted by molar-refractivity contribution is 5.50. The molecule has 0 aliphatic heterocycles. The molecular formula is C17H30N4. The number of nitrogens with zero attached hydrogens (tertiary/aromatic N) is 3. The van der Waals surface area contributed by atoms with Crippen LogP contribution >= 0.6 is 0 Å². The number of nitrogens with one attached hydrogen (secondary N) is 1. The van der Waals surface area contributed by atoms with Gasteiger partial charge in [-0.3, -0.25) is 0 Å². The summed E-state index contributed by atoms with van der Waals surface area (Å²) in [6.45, 7) is 10.9. The zero-order valence-corrected chi connectivity index (χ0v) is 14.0. The van der Waals surface area contributed by atoms with Crippen LogP contribution in [-0.2, 0) is 0 Å². The lowest BCUT2D eigenvalue weighted by molar-refractivity contribution is 0.587. The molecule has 4 nitrogen and oxygen atoms in total. The van der Waals surface area contributed by atoms with E-state index in [1.54, 1.807) is 0 Å². The van der Waals surface area contributed by atoms with E-state index in [1.807, 2.05) is 0 Å². The lowest BCUT2D eigenvalue weighted by Gasteiger charge is -2.30. The van der Waals surface area contributed by atoms with E-state index < -0.39 is 0 Å². The molecule has 1 aromatic rings. The van der Waals surface area contributed by atoms with Crippen molar-refractivity contribution < 1.29 is 0 Å². The fourth-order valence-electron chi connectivity index (χ4n) is 2.51. The highest BCUT2D eigenvalue weighted by atomic mass is 15.2. The Morgan fingerprint density at radius 3 is 2.62 bits per heavy atom. The van der Waals surface area contributed by atoms with Crippen LogP contribution in [-0.4, -0.2) is 29.1 Å². The number of aromatic nitrogens is 2. The molecule has 21 heavy (non-hydrogen) atoms. The first-order chi connectivity index (χ1) is 10.2. The van der Waals surface area contributed by atoms with E-state index in [0.29, 0.717) is 12.0 Å². The molecule has 0 saturated heterocycles. The van der Waals surface area contributed by atoms with Crippen LogP contribution in [0, 0.1) is 0 Å². The third-order valence-corrected chi connectivity index (χ3v) is 4.20. The molecule has 1 fully saturated rings. The van der Waals surface area contributed by atoms with Crippen molar-refractivity contribution in [2.24, 2.45) is 0 Å². The second kappa shape index (κ2) is 7.62. The molecule has 2 rings (SSSR count). The third-order valence-electron chi connectivity index (χ3n) is 4.20. The highest BCUT2D eigenvalue weighted by Gasteiger charge is 2.28. The molecule has 1 aliphatic rings. The molecule has 0 spiro atoms. The van der Waals surface area contributed by atoms with Gasteiger partial charge < -0.3 is 10.2 Å². The quantitative estimate of drug-likeness (QED) is 0.740. The summed E-state index contributed by atoms with van der Waals surface area (Å²) in [7, 11) is 0. The zero-order valence-electron chi connectivity index (χ0n) is 14.0. The fraction of sp³-hybridized carbons (Fsp3) is 0.765. The summed E-state index contributed by atoms with van der Waals surface area (Å²) in [4.78, 5) is 12.0. The van der Waals surface area contributed by atoms with Crippen LogP contribution in [0.15, 0.2) is 6.07 Å². The molecule has 1 atom stereocenters. The van der Waals surface area contributed by atoms with E-state index in [9.17, 15) is 0 Å². The average molecular weight is 290 g/mol. The maximum absolute atomic E-state index is 4.87. The van der Waals surface area contributed by atoms with E-state index in [-0.39, 0.29) is 0 Å². The Balaban J connectivity index is 2.27. The largest absolute Gasteiger partial charge is 0.370 e. The SMILES string of the molecule is CCCCN(c1cc(NCC)nc(C2CC2)n1)C(C)CC. The first kappa shape index (κ1) is 16.1. The van der Waals surface area contributed by atoms with Crippen molar-refractivity contribution in [2.45, 2.75) is 71.8 Å². The van der Waals surface area contributed by atoms with Crippen molar-refractivity contribution >= 4 is 11.6 Å². The van der Waals surface area contributed by atoms with Crippen molar-refractivity contribution in [1.29, 1.82) is 0 Å². The van der Waals surface area contributed by atoms with Crippen LogP contribution in [0.2, 0.25) is 0 Å². The van der Waals surface area contributed by atoms with Gasteiger partial charge in [0.2, 0.25) is 0 Å². The zero-order chi connectivity index (χ0) is 15.2. The molecule has 118 valence electrons. The molecule has 4 heteroatoms. The third kappa shape index (κ3) is 4.32. The minimum Gasteiger partial charge on any atom is -0.370 e. The van der Waals surface area contributed by atoms with Gasteiger partial charge in [-0.2, -0.15) is 0 Å². The maximum atomic E-state index is 4.87. The Bertz CT molecular complexity index is 442. The average Bonchev–Trinajstić information content (AvgIpc) is 3.32. The van der Waals surface area contributed by atoms with Crippen LogP contribution in [0.3, 0.4) is 0 Å². The second-order valence-electron chi connectivity index (χ2n) is 6.08. The molecule has 0 bridgehead atoms. The minimum absolute atomic E-state index is 0.521. The summed E-state index contributed by atoms with van der Waals surface area (Å²) >= 11 is 0. The molecule has 1 aromatic heterocycles. The Morgan fingerprint density at radius 2 is 2.05 bits per heavy atom. The van der Waals surface area contributed by atoms with E-state index >= 15 is 0 Å². The molecule has 0 radical (unpaired) electrons. The Kier molecular flexibility index (Phi) is 5.83. The minimum atomic E-state index is 0.521. The molecular weight excluding hydrogens is 260 g/mol. The summed E-state index contributed by atoms with van der Waals surface area (Å²) < 4.78 is 0. The van der Waals surface area contributed by atoms with Gasteiger partial charge in [-0.25, -0.2) is 9.97 Å². The van der Waals surface area contributed by atoms with Crippen molar-refractivity contribution in [3.05, 3.63) is 11.9 Å². The predicted octanol–water partition coefficient (Wildman–Crippen LogP) is 4.19. The van der Waals surface area contributed by atoms with Gasteiger partial charge >= 0.3 is 0 Å². The number of anilines is 2. The Hall–Kier alpha value is -1.32. The molecule has 1 unspecified atom stereocenters. The van der Waals surface area contributed by atoms with Crippen molar-refractivity contribution in [1.82, 2.24) is 9.97 Å². The van der Waals surface area contributed by atoms with Gasteiger partial charge in [-0.1, -0.05) is 20.3 Å². The van der Waals surface area contributed by atoms with Crippen molar-refractivity contribution in [3.8, 4) is 0 Å². The number of rotatable bonds is 9. The van der Waals surface area contributed by atoms with Crippen LogP contribution in [0.5, 0.6) is 0 Å². The maximum Gasteiger partial charge on any atom is 0.136 e. The highest BCUT2D eigenvalue weighted by Crippen LogP contribution is 2.39. The van der Waals surface area contributed by atoms with Gasteiger partial charge in [0.05, 0.1) is 0 Å². The van der Waals surface area contributed by atoms with Gasteiger partial charge in [0.25, 0.3) is 0 Å². The number of hydrogen-bond donors (Lipinski definition) is 1. The summed E-state index contributed by atoms with van der Waals surface area (Å²) in [5.74, 6) is 3.71. The van der Waals surface area contributed by atoms with Gasteiger partial charge in [-0.05, 0) is 39.5 Å². The van der Waals surface area contributed by atoms with Crippen molar-refractivity contribution in [2.75, 3.05) is 23.3 Å². The van der Waals surface area contributed by atoms with E-state index in [1.165, 1.54) is 25.7 Å².